The van der Waals surface area contributed by atoms with Crippen LogP contribution in [-0.4, -0.2) is 22.8 Å². The number of nitrogens with zero attached hydrogens (tertiary/aromatic N) is 3. The van der Waals surface area contributed by atoms with Crippen LogP contribution in [0.15, 0.2) is 18.2 Å². The first-order valence-corrected chi connectivity index (χ1v) is 8.17. The third kappa shape index (κ3) is 4.14. The number of ether oxygens (including phenoxy) is 1. The van der Waals surface area contributed by atoms with Crippen LogP contribution in [0, 0.1) is 21.8 Å². The summed E-state index contributed by atoms with van der Waals surface area (Å²) in [4.78, 5) is 12.5. The van der Waals surface area contributed by atoms with E-state index in [9.17, 15) is 4.79 Å². The standard InChI is InChI=1S/C15H14ClIN4O2/c1-9-6-14(21(20-9)5-3-4-18)19-15(22)10-7-11(16)12(17)8-13(10)23-2/h6-8H,3,5H2,1-2H3,(H,19,22). The number of carbonyl (C=O) groups excluding carboxylic acids is 1. The predicted octanol–water partition coefficient (Wildman–Crippen LogP) is 3.62. The number of halogens is 2. The lowest BCUT2D eigenvalue weighted by atomic mass is 10.2. The summed E-state index contributed by atoms with van der Waals surface area (Å²) in [7, 11) is 1.50. The molecule has 0 unspecified atom stereocenters. The summed E-state index contributed by atoms with van der Waals surface area (Å²) in [5.74, 6) is 0.619. The van der Waals surface area contributed by atoms with E-state index in [4.69, 9.17) is 21.6 Å². The van der Waals surface area contributed by atoms with Crippen molar-refractivity contribution in [1.82, 2.24) is 9.78 Å². The van der Waals surface area contributed by atoms with Gasteiger partial charge in [0.1, 0.15) is 11.6 Å². The molecule has 1 amide bonds. The molecule has 1 aromatic carbocycles. The van der Waals surface area contributed by atoms with Crippen molar-refractivity contribution in [3.8, 4) is 11.8 Å². The molecule has 23 heavy (non-hydrogen) atoms. The van der Waals surface area contributed by atoms with E-state index in [2.05, 4.69) is 39.1 Å². The van der Waals surface area contributed by atoms with Crippen LogP contribution >= 0.6 is 34.2 Å². The summed E-state index contributed by atoms with van der Waals surface area (Å²) in [6.07, 6.45) is 0.308. The number of methoxy groups -OCH3 is 1. The fourth-order valence-corrected chi connectivity index (χ4v) is 2.63. The van der Waals surface area contributed by atoms with Crippen molar-refractivity contribution in [2.24, 2.45) is 0 Å². The SMILES string of the molecule is COc1cc(I)c(Cl)cc1C(=O)Nc1cc(C)nn1CCC#N. The lowest BCUT2D eigenvalue weighted by Crippen LogP contribution is -2.17. The highest BCUT2D eigenvalue weighted by Crippen LogP contribution is 2.29. The summed E-state index contributed by atoms with van der Waals surface area (Å²) in [5, 5.41) is 16.2. The quantitative estimate of drug-likeness (QED) is 0.714. The van der Waals surface area contributed by atoms with Crippen molar-refractivity contribution >= 4 is 45.9 Å². The van der Waals surface area contributed by atoms with Crippen LogP contribution in [0.1, 0.15) is 22.5 Å². The number of hydrogen-bond donors (Lipinski definition) is 1. The van der Waals surface area contributed by atoms with Gasteiger partial charge in [-0.1, -0.05) is 11.6 Å². The minimum atomic E-state index is -0.349. The molecule has 0 bridgehead atoms. The van der Waals surface area contributed by atoms with Gasteiger partial charge in [-0.05, 0) is 41.6 Å². The van der Waals surface area contributed by atoms with Gasteiger partial charge < -0.3 is 10.1 Å². The van der Waals surface area contributed by atoms with E-state index < -0.39 is 0 Å². The highest BCUT2D eigenvalue weighted by Gasteiger charge is 2.17. The second-order valence-corrected chi connectivity index (χ2v) is 6.29. The molecule has 0 saturated carbocycles. The molecule has 0 atom stereocenters. The number of nitrogens with one attached hydrogen (secondary N) is 1. The molecule has 1 N–H and O–H groups in total. The van der Waals surface area contributed by atoms with E-state index in [1.54, 1.807) is 22.9 Å². The molecule has 0 saturated heterocycles. The number of benzene rings is 1. The second-order valence-electron chi connectivity index (χ2n) is 4.72. The largest absolute Gasteiger partial charge is 0.496 e. The van der Waals surface area contributed by atoms with Crippen molar-refractivity contribution in [3.63, 3.8) is 0 Å². The molecule has 2 aromatic rings. The third-order valence-corrected chi connectivity index (χ3v) is 4.59. The number of aryl methyl sites for hydroxylation is 2. The fourth-order valence-electron chi connectivity index (χ4n) is 2.03. The zero-order valence-corrected chi connectivity index (χ0v) is 15.5. The van der Waals surface area contributed by atoms with E-state index in [1.807, 2.05) is 6.92 Å². The Kier molecular flexibility index (Phi) is 5.85. The first-order valence-electron chi connectivity index (χ1n) is 6.72. The van der Waals surface area contributed by atoms with Crippen molar-refractivity contribution in [2.75, 3.05) is 12.4 Å². The van der Waals surface area contributed by atoms with Crippen molar-refractivity contribution in [3.05, 3.63) is 38.0 Å². The Hall–Kier alpha value is -1.79. The van der Waals surface area contributed by atoms with E-state index in [0.29, 0.717) is 35.1 Å². The Bertz CT molecular complexity index is 783. The van der Waals surface area contributed by atoms with Gasteiger partial charge in [0.05, 0.1) is 42.4 Å². The molecule has 8 heteroatoms. The summed E-state index contributed by atoms with van der Waals surface area (Å²) in [5.41, 5.74) is 1.09. The molecule has 6 nitrogen and oxygen atoms in total. The smallest absolute Gasteiger partial charge is 0.260 e. The first kappa shape index (κ1) is 17.6. The van der Waals surface area contributed by atoms with Crippen LogP contribution in [0.25, 0.3) is 0 Å². The molecule has 0 aliphatic rings. The number of hydrogen-bond acceptors (Lipinski definition) is 4. The molecule has 0 radical (unpaired) electrons. The molecule has 2 rings (SSSR count). The van der Waals surface area contributed by atoms with Crippen LogP contribution in [0.4, 0.5) is 5.82 Å². The topological polar surface area (TPSA) is 79.9 Å². The molecule has 0 aliphatic heterocycles. The summed E-state index contributed by atoms with van der Waals surface area (Å²) in [6, 6.07) is 7.08. The Morgan fingerprint density at radius 1 is 1.52 bits per heavy atom. The monoisotopic (exact) mass is 444 g/mol. The van der Waals surface area contributed by atoms with E-state index in [1.165, 1.54) is 7.11 Å². The highest BCUT2D eigenvalue weighted by atomic mass is 127. The number of amides is 1. The van der Waals surface area contributed by atoms with Crippen LogP contribution in [-0.2, 0) is 6.54 Å². The zero-order valence-electron chi connectivity index (χ0n) is 12.6. The Labute approximate surface area is 152 Å². The van der Waals surface area contributed by atoms with E-state index in [-0.39, 0.29) is 5.91 Å². The highest BCUT2D eigenvalue weighted by molar-refractivity contribution is 14.1. The normalized spacial score (nSPS) is 10.2. The minimum absolute atomic E-state index is 0.308. The lowest BCUT2D eigenvalue weighted by molar-refractivity contribution is 0.102. The van der Waals surface area contributed by atoms with Gasteiger partial charge in [-0.2, -0.15) is 10.4 Å². The van der Waals surface area contributed by atoms with Gasteiger partial charge in [0.25, 0.3) is 5.91 Å². The van der Waals surface area contributed by atoms with Gasteiger partial charge >= 0.3 is 0 Å². The molecule has 0 spiro atoms. The number of carbonyl (C=O) groups is 1. The summed E-state index contributed by atoms with van der Waals surface area (Å²) in [6.45, 7) is 2.23. The minimum Gasteiger partial charge on any atom is -0.496 e. The molecule has 0 aliphatic carbocycles. The first-order chi connectivity index (χ1) is 11.0. The molecule has 1 aromatic heterocycles. The number of nitriles is 1. The molecule has 1 heterocycles. The predicted molar refractivity (Wildman–Crippen MR) is 95.9 cm³/mol. The number of anilines is 1. The zero-order chi connectivity index (χ0) is 17.0. The van der Waals surface area contributed by atoms with Gasteiger partial charge in [-0.25, -0.2) is 4.68 Å². The maximum Gasteiger partial charge on any atom is 0.260 e. The van der Waals surface area contributed by atoms with Gasteiger partial charge in [0.2, 0.25) is 0 Å². The van der Waals surface area contributed by atoms with Gasteiger partial charge in [-0.3, -0.25) is 4.79 Å². The molecular formula is C15H14ClIN4O2. The molecule has 120 valence electrons. The fraction of sp³-hybridized carbons (Fsp3) is 0.267. The van der Waals surface area contributed by atoms with Gasteiger partial charge in [0.15, 0.2) is 0 Å². The molecular weight excluding hydrogens is 431 g/mol. The average molecular weight is 445 g/mol. The van der Waals surface area contributed by atoms with Crippen LogP contribution in [0.3, 0.4) is 0 Å². The van der Waals surface area contributed by atoms with Crippen LogP contribution in [0.2, 0.25) is 5.02 Å². The maximum atomic E-state index is 12.5. The Morgan fingerprint density at radius 2 is 2.26 bits per heavy atom. The van der Waals surface area contributed by atoms with Crippen molar-refractivity contribution < 1.29 is 9.53 Å². The van der Waals surface area contributed by atoms with E-state index >= 15 is 0 Å². The third-order valence-electron chi connectivity index (χ3n) is 3.07. The summed E-state index contributed by atoms with van der Waals surface area (Å²) >= 11 is 8.17. The van der Waals surface area contributed by atoms with E-state index in [0.717, 1.165) is 9.26 Å². The average Bonchev–Trinajstić information content (AvgIpc) is 2.86. The second kappa shape index (κ2) is 7.66. The molecule has 0 fully saturated rings. The maximum absolute atomic E-state index is 12.5. The Balaban J connectivity index is 2.30. The number of rotatable bonds is 5. The number of aromatic nitrogens is 2. The van der Waals surface area contributed by atoms with Crippen molar-refractivity contribution in [2.45, 2.75) is 19.9 Å². The van der Waals surface area contributed by atoms with Crippen LogP contribution < -0.4 is 10.1 Å². The lowest BCUT2D eigenvalue weighted by Gasteiger charge is -2.11. The van der Waals surface area contributed by atoms with Gasteiger partial charge in [-0.15, -0.1) is 0 Å². The van der Waals surface area contributed by atoms with Crippen molar-refractivity contribution in [1.29, 1.82) is 5.26 Å². The van der Waals surface area contributed by atoms with Crippen LogP contribution in [0.5, 0.6) is 5.75 Å². The summed E-state index contributed by atoms with van der Waals surface area (Å²) < 4.78 is 7.64. The van der Waals surface area contributed by atoms with Gasteiger partial charge in [0, 0.05) is 9.64 Å². The Morgan fingerprint density at radius 3 is 2.91 bits per heavy atom.